The van der Waals surface area contributed by atoms with Gasteiger partial charge in [-0.25, -0.2) is 0 Å². The molecular weight excluding hydrogens is 248 g/mol. The Bertz CT molecular complexity index is 747. The van der Waals surface area contributed by atoms with Crippen molar-refractivity contribution in [3.05, 3.63) is 59.7 Å². The summed E-state index contributed by atoms with van der Waals surface area (Å²) in [6.07, 6.45) is 1.35. The molecule has 3 aromatic carbocycles. The zero-order valence-electron chi connectivity index (χ0n) is 11.3. The van der Waals surface area contributed by atoms with E-state index in [2.05, 4.69) is 36.4 Å². The maximum Gasteiger partial charge on any atom is 0.0471 e. The highest BCUT2D eigenvalue weighted by molar-refractivity contribution is 6.09. The molecule has 3 rings (SSSR count). The van der Waals surface area contributed by atoms with Gasteiger partial charge in [-0.2, -0.15) is 0 Å². The number of aliphatic hydroxyl groups excluding tert-OH is 2. The van der Waals surface area contributed by atoms with Crippen LogP contribution in [0, 0.1) is 0 Å². The molecule has 0 radical (unpaired) electrons. The average molecular weight is 266 g/mol. The summed E-state index contributed by atoms with van der Waals surface area (Å²) < 4.78 is 0. The summed E-state index contributed by atoms with van der Waals surface area (Å²) in [6, 6.07) is 16.8. The largest absolute Gasteiger partial charge is 0.396 e. The van der Waals surface area contributed by atoms with Gasteiger partial charge in [-0.1, -0.05) is 48.5 Å². The highest BCUT2D eigenvalue weighted by Crippen LogP contribution is 2.29. The predicted octanol–water partition coefficient (Wildman–Crippen LogP) is 3.06. The van der Waals surface area contributed by atoms with E-state index < -0.39 is 0 Å². The van der Waals surface area contributed by atoms with Crippen LogP contribution in [0.1, 0.15) is 11.1 Å². The van der Waals surface area contributed by atoms with Crippen LogP contribution in [0.25, 0.3) is 21.5 Å². The quantitative estimate of drug-likeness (QED) is 0.712. The molecule has 0 aliphatic heterocycles. The first-order chi connectivity index (χ1) is 9.83. The maximum absolute atomic E-state index is 9.26. The lowest BCUT2D eigenvalue weighted by molar-refractivity contribution is 0.299. The van der Waals surface area contributed by atoms with Crippen molar-refractivity contribution in [3.63, 3.8) is 0 Å². The molecule has 0 heterocycles. The van der Waals surface area contributed by atoms with E-state index in [9.17, 15) is 5.11 Å². The average Bonchev–Trinajstić information content (AvgIpc) is 2.48. The van der Waals surface area contributed by atoms with Crippen LogP contribution in [-0.4, -0.2) is 23.4 Å². The molecule has 3 aromatic rings. The number of fused-ring (bicyclic) bond motifs is 3. The number of benzene rings is 3. The molecule has 102 valence electrons. The molecule has 0 saturated carbocycles. The first-order valence-electron chi connectivity index (χ1n) is 6.98. The van der Waals surface area contributed by atoms with Gasteiger partial charge in [-0.15, -0.1) is 0 Å². The molecular formula is C18H18O2. The molecule has 2 heteroatoms. The van der Waals surface area contributed by atoms with Crippen molar-refractivity contribution in [2.75, 3.05) is 13.2 Å². The van der Waals surface area contributed by atoms with Crippen molar-refractivity contribution >= 4 is 21.5 Å². The van der Waals surface area contributed by atoms with Gasteiger partial charge in [0.15, 0.2) is 0 Å². The van der Waals surface area contributed by atoms with Crippen LogP contribution in [0.15, 0.2) is 48.5 Å². The lowest BCUT2D eigenvalue weighted by Gasteiger charge is -2.11. The van der Waals surface area contributed by atoms with Crippen LogP contribution in [0.2, 0.25) is 0 Å². The van der Waals surface area contributed by atoms with E-state index in [1.165, 1.54) is 27.1 Å². The summed E-state index contributed by atoms with van der Waals surface area (Å²) in [5.41, 5.74) is 2.32. The van der Waals surface area contributed by atoms with Gasteiger partial charge in [0, 0.05) is 13.2 Å². The molecule has 0 bridgehead atoms. The Morgan fingerprint density at radius 2 is 1.45 bits per heavy atom. The molecule has 2 nitrogen and oxygen atoms in total. The molecule has 0 atom stereocenters. The fraction of sp³-hybridized carbons (Fsp3) is 0.222. The minimum absolute atomic E-state index is 0.159. The maximum atomic E-state index is 9.26. The van der Waals surface area contributed by atoms with Crippen molar-refractivity contribution in [2.24, 2.45) is 0 Å². The predicted molar refractivity (Wildman–Crippen MR) is 83.0 cm³/mol. The van der Waals surface area contributed by atoms with E-state index >= 15 is 0 Å². The van der Waals surface area contributed by atoms with Gasteiger partial charge >= 0.3 is 0 Å². The summed E-state index contributed by atoms with van der Waals surface area (Å²) in [6.45, 7) is 0.328. The van der Waals surface area contributed by atoms with Crippen LogP contribution >= 0.6 is 0 Å². The van der Waals surface area contributed by atoms with Crippen molar-refractivity contribution in [1.82, 2.24) is 0 Å². The van der Waals surface area contributed by atoms with Gasteiger partial charge in [0.2, 0.25) is 0 Å². The van der Waals surface area contributed by atoms with Crippen molar-refractivity contribution in [1.29, 1.82) is 0 Å². The van der Waals surface area contributed by atoms with E-state index in [4.69, 9.17) is 5.11 Å². The van der Waals surface area contributed by atoms with Gasteiger partial charge in [0.05, 0.1) is 0 Å². The Morgan fingerprint density at radius 1 is 0.700 bits per heavy atom. The molecule has 2 N–H and O–H groups in total. The van der Waals surface area contributed by atoms with Gasteiger partial charge in [0.1, 0.15) is 0 Å². The topological polar surface area (TPSA) is 40.5 Å². The third kappa shape index (κ3) is 2.28. The summed E-state index contributed by atoms with van der Waals surface area (Å²) in [4.78, 5) is 0. The lowest BCUT2D eigenvalue weighted by Crippen LogP contribution is -1.94. The van der Waals surface area contributed by atoms with Gasteiger partial charge in [-0.05, 0) is 45.5 Å². The van der Waals surface area contributed by atoms with Crippen molar-refractivity contribution in [2.45, 2.75) is 12.8 Å². The molecule has 0 fully saturated rings. The second-order valence-electron chi connectivity index (χ2n) is 5.08. The molecule has 0 aliphatic carbocycles. The molecule has 0 aromatic heterocycles. The molecule has 20 heavy (non-hydrogen) atoms. The first kappa shape index (κ1) is 13.1. The van der Waals surface area contributed by atoms with Crippen LogP contribution in [-0.2, 0) is 12.8 Å². The summed E-state index contributed by atoms with van der Waals surface area (Å²) >= 11 is 0. The number of aliphatic hydroxyl groups is 2. The zero-order chi connectivity index (χ0) is 13.9. The minimum atomic E-state index is 0.159. The number of hydrogen-bond donors (Lipinski definition) is 2. The SMILES string of the molecule is OCCc1ccc2c(c1)cc(CCO)c1ccccc12. The fourth-order valence-corrected chi connectivity index (χ4v) is 2.85. The molecule has 0 spiro atoms. The summed E-state index contributed by atoms with van der Waals surface area (Å²) in [5, 5.41) is 23.2. The van der Waals surface area contributed by atoms with Crippen LogP contribution in [0.5, 0.6) is 0 Å². The highest BCUT2D eigenvalue weighted by Gasteiger charge is 2.06. The Labute approximate surface area is 118 Å². The van der Waals surface area contributed by atoms with E-state index in [0.29, 0.717) is 12.8 Å². The van der Waals surface area contributed by atoms with E-state index in [-0.39, 0.29) is 13.2 Å². The lowest BCUT2D eigenvalue weighted by atomic mass is 9.94. The molecule has 0 aliphatic rings. The Kier molecular flexibility index (Phi) is 3.68. The van der Waals surface area contributed by atoms with E-state index in [0.717, 1.165) is 5.56 Å². The third-order valence-corrected chi connectivity index (χ3v) is 3.79. The minimum Gasteiger partial charge on any atom is -0.396 e. The second kappa shape index (κ2) is 5.61. The van der Waals surface area contributed by atoms with E-state index in [1.54, 1.807) is 0 Å². The summed E-state index contributed by atoms with van der Waals surface area (Å²) in [7, 11) is 0. The number of hydrogen-bond acceptors (Lipinski definition) is 2. The van der Waals surface area contributed by atoms with Crippen LogP contribution < -0.4 is 0 Å². The van der Waals surface area contributed by atoms with Crippen molar-refractivity contribution in [3.8, 4) is 0 Å². The number of rotatable bonds is 4. The van der Waals surface area contributed by atoms with Crippen molar-refractivity contribution < 1.29 is 10.2 Å². The smallest absolute Gasteiger partial charge is 0.0471 e. The molecule has 0 amide bonds. The second-order valence-corrected chi connectivity index (χ2v) is 5.08. The van der Waals surface area contributed by atoms with E-state index in [1.807, 2.05) is 12.1 Å². The fourth-order valence-electron chi connectivity index (χ4n) is 2.85. The zero-order valence-corrected chi connectivity index (χ0v) is 11.3. The molecule has 0 saturated heterocycles. The Balaban J connectivity index is 2.30. The highest BCUT2D eigenvalue weighted by atomic mass is 16.3. The Hall–Kier alpha value is -1.90. The monoisotopic (exact) mass is 266 g/mol. The van der Waals surface area contributed by atoms with Crippen LogP contribution in [0.3, 0.4) is 0 Å². The van der Waals surface area contributed by atoms with Crippen LogP contribution in [0.4, 0.5) is 0 Å². The standard InChI is InChI=1S/C18H18O2/c19-9-7-13-5-6-17-15(11-13)12-14(8-10-20)16-3-1-2-4-18(16)17/h1-6,11-12,19-20H,7-10H2. The Morgan fingerprint density at radius 3 is 2.20 bits per heavy atom. The molecule has 0 unspecified atom stereocenters. The van der Waals surface area contributed by atoms with Gasteiger partial charge in [-0.3, -0.25) is 0 Å². The normalized spacial score (nSPS) is 11.3. The van der Waals surface area contributed by atoms with Gasteiger partial charge in [0.25, 0.3) is 0 Å². The summed E-state index contributed by atoms with van der Waals surface area (Å²) in [5.74, 6) is 0. The first-order valence-corrected chi connectivity index (χ1v) is 6.98. The van der Waals surface area contributed by atoms with Gasteiger partial charge < -0.3 is 10.2 Å². The third-order valence-electron chi connectivity index (χ3n) is 3.79.